The number of carboxylic acid groups (broad SMARTS) is 1. The summed E-state index contributed by atoms with van der Waals surface area (Å²) in [5, 5.41) is 12.3. The highest BCUT2D eigenvalue weighted by Gasteiger charge is 2.59. The maximum absolute atomic E-state index is 15.7. The number of likely N-dealkylation sites (tertiary alicyclic amines) is 3. The van der Waals surface area contributed by atoms with Crippen LogP contribution in [0.4, 0.5) is 22.4 Å². The molecule has 2 saturated carbocycles. The van der Waals surface area contributed by atoms with Crippen LogP contribution in [0, 0.1) is 0 Å². The number of aliphatic carboxylic acids is 1. The fraction of sp³-hybridized carbons (Fsp3) is 0.574. The van der Waals surface area contributed by atoms with E-state index in [2.05, 4.69) is 19.9 Å². The van der Waals surface area contributed by atoms with Crippen molar-refractivity contribution in [1.82, 2.24) is 20.0 Å². The van der Waals surface area contributed by atoms with Crippen LogP contribution in [0.1, 0.15) is 131 Å². The van der Waals surface area contributed by atoms with E-state index in [-0.39, 0.29) is 38.6 Å². The Morgan fingerprint density at radius 2 is 0.780 bits per heavy atom. The van der Waals surface area contributed by atoms with Gasteiger partial charge < -0.3 is 53.2 Å². The molecule has 2 N–H and O–H groups in total. The van der Waals surface area contributed by atoms with Crippen molar-refractivity contribution < 1.29 is 84.5 Å². The second kappa shape index (κ2) is 32.1. The van der Waals surface area contributed by atoms with Crippen LogP contribution in [0.3, 0.4) is 0 Å². The summed E-state index contributed by atoms with van der Waals surface area (Å²) in [6.07, 6.45) is 10.9. The molecule has 91 heavy (non-hydrogen) atoms. The van der Waals surface area contributed by atoms with Crippen LogP contribution in [0.5, 0.6) is 23.0 Å². The number of carbonyl (C=O) groups excluding carboxylic acids is 4. The van der Waals surface area contributed by atoms with Gasteiger partial charge in [-0.2, -0.15) is 0 Å². The summed E-state index contributed by atoms with van der Waals surface area (Å²) in [4.78, 5) is 65.1. The van der Waals surface area contributed by atoms with Gasteiger partial charge in [0.25, 0.3) is 0 Å². The first-order valence-corrected chi connectivity index (χ1v) is 30.8. The molecule has 502 valence electrons. The summed E-state index contributed by atoms with van der Waals surface area (Å²) in [6.45, 7) is 6.24. The molecule has 0 radical (unpaired) electrons. The lowest BCUT2D eigenvalue weighted by atomic mass is 9.86. The average Bonchev–Trinajstić information content (AvgIpc) is 1.67. The molecule has 18 nitrogen and oxygen atoms in total. The minimum Gasteiger partial charge on any atom is -0.497 e. The third-order valence-corrected chi connectivity index (χ3v) is 18.3. The second-order valence-electron chi connectivity index (χ2n) is 25.0. The molecule has 8 atom stereocenters. The molecule has 4 heterocycles. The normalized spacial score (nSPS) is 26.8. The highest BCUT2D eigenvalue weighted by Crippen LogP contribution is 2.46. The lowest BCUT2D eigenvalue weighted by Crippen LogP contribution is -2.43. The van der Waals surface area contributed by atoms with Crippen LogP contribution in [0.15, 0.2) is 97.1 Å². The molecular weight excluding hydrogens is 1210 g/mol. The van der Waals surface area contributed by atoms with E-state index in [1.165, 1.54) is 67.0 Å². The quantitative estimate of drug-likeness (QED) is 0.0685. The average molecular weight is 1300 g/mol. The number of carboxylic acids is 1. The van der Waals surface area contributed by atoms with Crippen molar-refractivity contribution in [2.75, 3.05) is 102 Å². The maximum atomic E-state index is 15.7. The maximum Gasteiger partial charge on any atom is 0.410 e. The van der Waals surface area contributed by atoms with Gasteiger partial charge in [0.2, 0.25) is 22.7 Å². The van der Waals surface area contributed by atoms with E-state index < -0.39 is 88.5 Å². The molecule has 4 saturated heterocycles. The molecule has 4 aromatic carbocycles. The van der Waals surface area contributed by atoms with E-state index in [9.17, 15) is 33.5 Å². The van der Waals surface area contributed by atoms with Gasteiger partial charge in [-0.05, 0) is 117 Å². The minimum atomic E-state index is -2.56. The van der Waals surface area contributed by atoms with Crippen LogP contribution in [0.2, 0.25) is 0 Å². The second-order valence-corrected chi connectivity index (χ2v) is 25.0. The van der Waals surface area contributed by atoms with Crippen LogP contribution in [0.25, 0.3) is 0 Å². The largest absolute Gasteiger partial charge is 0.497 e. The molecule has 6 aliphatic rings. The number of benzene rings is 4. The van der Waals surface area contributed by atoms with Crippen molar-refractivity contribution >= 4 is 42.4 Å². The molecule has 6 fully saturated rings. The molecule has 0 aromatic heterocycles. The Labute approximate surface area is 538 Å². The number of alkyl halides is 4. The Morgan fingerprint density at radius 1 is 0.462 bits per heavy atom. The number of carbonyl (C=O) groups is 5. The van der Waals surface area contributed by atoms with Gasteiger partial charge in [-0.1, -0.05) is 87.1 Å². The number of ether oxygens (including phenoxy) is 8. The number of rotatable bonds is 14. The van der Waals surface area contributed by atoms with Gasteiger partial charge in [-0.15, -0.1) is 12.4 Å². The Morgan fingerprint density at radius 3 is 1.09 bits per heavy atom. The van der Waals surface area contributed by atoms with E-state index >= 15 is 13.2 Å². The van der Waals surface area contributed by atoms with Crippen molar-refractivity contribution in [1.29, 1.82) is 0 Å². The van der Waals surface area contributed by atoms with Gasteiger partial charge in [0.1, 0.15) is 28.6 Å². The Hall–Kier alpha value is -6.88. The molecule has 4 aliphatic heterocycles. The van der Waals surface area contributed by atoms with E-state index in [1.807, 2.05) is 48.5 Å². The summed E-state index contributed by atoms with van der Waals surface area (Å²) < 4.78 is 101. The summed E-state index contributed by atoms with van der Waals surface area (Å²) in [5.74, 6) is -3.72. The molecule has 0 unspecified atom stereocenters. The van der Waals surface area contributed by atoms with Crippen molar-refractivity contribution in [3.05, 3.63) is 119 Å². The Bertz CT molecular complexity index is 2910. The zero-order chi connectivity index (χ0) is 65.6. The number of nitrogens with one attached hydrogen (secondary N) is 1. The Kier molecular flexibility index (Phi) is 25.8. The molecule has 0 spiro atoms. The summed E-state index contributed by atoms with van der Waals surface area (Å²) in [6, 6.07) is 29.0. The summed E-state index contributed by atoms with van der Waals surface area (Å²) >= 11 is 0. The predicted molar refractivity (Wildman–Crippen MR) is 337 cm³/mol. The number of amides is 1. The van der Waals surface area contributed by atoms with Crippen molar-refractivity contribution in [2.24, 2.45) is 0 Å². The number of hydrogen-bond acceptors (Lipinski definition) is 16. The van der Waals surface area contributed by atoms with E-state index in [4.69, 9.17) is 33.2 Å². The molecular formula is C68H91ClF4N4O14. The summed E-state index contributed by atoms with van der Waals surface area (Å²) in [5.41, 5.74) is -6.38. The molecule has 2 aliphatic carbocycles. The van der Waals surface area contributed by atoms with Gasteiger partial charge >= 0.3 is 30.0 Å². The molecule has 10 rings (SSSR count). The highest BCUT2D eigenvalue weighted by atomic mass is 35.5. The van der Waals surface area contributed by atoms with Crippen molar-refractivity contribution in [3.8, 4) is 23.0 Å². The van der Waals surface area contributed by atoms with Gasteiger partial charge in [-0.3, -0.25) is 9.80 Å². The number of hydrogen-bond donors (Lipinski definition) is 2. The standard InChI is InChI=1S/2C19H26FNO3.C17H22FNO5.C13H16FNO3.ClH/c2*1-23-16-10-8-14(9-11-16)17-12-21(15-6-4-3-5-7-15)13-19(17,20)18(22)24-2;1-16(2,3)24-15(22)19-9-13(17(18,10-19)14(20)21)11-5-7-12(23-4)8-6-11;1-17-10-5-3-9(4-6-10)11-7-15-8-13(11,14)12(16)18-2;/h2*8-11,15,17H,3-7,12-13H2,1-2H3;5-8,13H,9-10H2,1-4H3,(H,20,21);3-6,11,15H,7-8H2,1-2H3;1H/t2*17-,19-;13-,17-;11-,13-;/m0000./s1. The first-order valence-electron chi connectivity index (χ1n) is 30.8. The van der Waals surface area contributed by atoms with Crippen LogP contribution >= 0.6 is 12.4 Å². The molecule has 1 amide bonds. The Balaban J connectivity index is 0.000000193. The third-order valence-electron chi connectivity index (χ3n) is 18.3. The highest BCUT2D eigenvalue weighted by molar-refractivity contribution is 5.85. The van der Waals surface area contributed by atoms with Crippen molar-refractivity contribution in [2.45, 2.75) is 149 Å². The van der Waals surface area contributed by atoms with Gasteiger partial charge in [0, 0.05) is 81.6 Å². The smallest absolute Gasteiger partial charge is 0.410 e. The van der Waals surface area contributed by atoms with E-state index in [0.717, 1.165) is 58.8 Å². The number of nitrogens with zero attached hydrogens (tertiary/aromatic N) is 3. The van der Waals surface area contributed by atoms with Gasteiger partial charge in [0.15, 0.2) is 0 Å². The predicted octanol–water partition coefficient (Wildman–Crippen LogP) is 11.1. The fourth-order valence-electron chi connectivity index (χ4n) is 13.3. The fourth-order valence-corrected chi connectivity index (χ4v) is 13.3. The number of halogens is 5. The molecule has 23 heteroatoms. The van der Waals surface area contributed by atoms with Gasteiger partial charge in [-0.25, -0.2) is 41.5 Å². The van der Waals surface area contributed by atoms with Crippen LogP contribution < -0.4 is 24.3 Å². The van der Waals surface area contributed by atoms with Crippen LogP contribution in [-0.4, -0.2) is 192 Å². The SMILES string of the molecule is COC(=O)[C@]1(F)CN(C2CCCCC2)C[C@H]1c1ccc(OC)cc1.COC(=O)[C@]1(F)CN(C2CCCCC2)C[C@H]1c1ccc(OC)cc1.COC(=O)[C@]1(F)CNC[C@H]1c1ccc(OC)cc1.COc1ccc([C@@H]2CN(C(=O)OC(C)(C)C)C[C@@]2(F)C(=O)O)cc1.Cl. The lowest BCUT2D eigenvalue weighted by molar-refractivity contribution is -0.155. The monoisotopic (exact) mass is 1300 g/mol. The van der Waals surface area contributed by atoms with Crippen molar-refractivity contribution in [3.63, 3.8) is 0 Å². The molecule has 4 aromatic rings. The van der Waals surface area contributed by atoms with E-state index in [0.29, 0.717) is 48.8 Å². The lowest BCUT2D eigenvalue weighted by Gasteiger charge is -2.31. The molecule has 0 bridgehead atoms. The third kappa shape index (κ3) is 17.2. The van der Waals surface area contributed by atoms with Gasteiger partial charge in [0.05, 0.1) is 56.3 Å². The topological polar surface area (TPSA) is 201 Å². The number of esters is 3. The first kappa shape index (κ1) is 73.2. The zero-order valence-electron chi connectivity index (χ0n) is 53.9. The van der Waals surface area contributed by atoms with Crippen LogP contribution in [-0.2, 0) is 38.1 Å². The number of methoxy groups -OCH3 is 7. The zero-order valence-corrected chi connectivity index (χ0v) is 54.8. The first-order chi connectivity index (χ1) is 42.8. The minimum absolute atomic E-state index is 0. The summed E-state index contributed by atoms with van der Waals surface area (Å²) in [7, 11) is 10.0. The van der Waals surface area contributed by atoms with E-state index in [1.54, 1.807) is 90.6 Å².